The summed E-state index contributed by atoms with van der Waals surface area (Å²) in [4.78, 5) is 26.9. The standard InChI is InChI=1S/C3H6N9O6/c4-2-6-7-8-12(2,5)1-3(9(13)14,10(15)16)11(17)18/h1,5H2,(H2,4,6,8)/q+1. The molecular formula is C3H6N9O6+. The lowest BCUT2D eigenvalue weighted by molar-refractivity contribution is -1.02. The first-order valence-corrected chi connectivity index (χ1v) is 4.03. The van der Waals surface area contributed by atoms with Crippen molar-refractivity contribution in [2.24, 2.45) is 27.1 Å². The van der Waals surface area contributed by atoms with Crippen molar-refractivity contribution in [3.05, 3.63) is 30.3 Å². The third-order valence-electron chi connectivity index (χ3n) is 2.07. The minimum atomic E-state index is -3.79. The van der Waals surface area contributed by atoms with Gasteiger partial charge in [-0.1, -0.05) is 0 Å². The van der Waals surface area contributed by atoms with Crippen molar-refractivity contribution in [1.29, 1.82) is 0 Å². The lowest BCUT2D eigenvalue weighted by Crippen LogP contribution is -2.69. The van der Waals surface area contributed by atoms with Crippen LogP contribution in [0.1, 0.15) is 0 Å². The van der Waals surface area contributed by atoms with Gasteiger partial charge >= 0.3 is 18.3 Å². The van der Waals surface area contributed by atoms with Crippen LogP contribution in [-0.4, -0.2) is 37.8 Å². The van der Waals surface area contributed by atoms with Gasteiger partial charge in [0.1, 0.15) is 0 Å². The molecule has 18 heavy (non-hydrogen) atoms. The van der Waals surface area contributed by atoms with Crippen molar-refractivity contribution >= 4 is 5.96 Å². The highest BCUT2D eigenvalue weighted by Crippen LogP contribution is 2.20. The van der Waals surface area contributed by atoms with E-state index in [9.17, 15) is 30.3 Å². The molecule has 15 nitrogen and oxygen atoms in total. The molecular weight excluding hydrogens is 258 g/mol. The van der Waals surface area contributed by atoms with Gasteiger partial charge in [0, 0.05) is 5.22 Å². The van der Waals surface area contributed by atoms with Crippen LogP contribution in [0.2, 0.25) is 0 Å². The topological polar surface area (TPSA) is 219 Å². The largest absolute Gasteiger partial charge is 0.753 e. The number of hydrogen-bond acceptors (Lipinski definition) is 11. The molecule has 0 bridgehead atoms. The molecule has 1 unspecified atom stereocenters. The summed E-state index contributed by atoms with van der Waals surface area (Å²) in [5, 5.41) is 41.0. The minimum Gasteiger partial charge on any atom is -0.332 e. The number of hydrogen-bond donors (Lipinski definition) is 2. The second kappa shape index (κ2) is 3.89. The monoisotopic (exact) mass is 264 g/mol. The molecule has 0 aromatic carbocycles. The number of nitrogens with zero attached hydrogens (tertiary/aromatic N) is 7. The molecule has 1 aliphatic heterocycles. The van der Waals surface area contributed by atoms with E-state index in [0.717, 1.165) is 0 Å². The Bertz CT molecular complexity index is 447. The molecule has 1 aliphatic rings. The van der Waals surface area contributed by atoms with Crippen LogP contribution < -0.4 is 11.6 Å². The lowest BCUT2D eigenvalue weighted by atomic mass is 10.3. The van der Waals surface area contributed by atoms with E-state index in [-0.39, 0.29) is 0 Å². The quantitative estimate of drug-likeness (QED) is 0.181. The first-order valence-electron chi connectivity index (χ1n) is 4.03. The summed E-state index contributed by atoms with van der Waals surface area (Å²) >= 11 is 0. The summed E-state index contributed by atoms with van der Waals surface area (Å²) in [7, 11) is 0. The van der Waals surface area contributed by atoms with Gasteiger partial charge in [-0.25, -0.2) is 0 Å². The van der Waals surface area contributed by atoms with Gasteiger partial charge in [0.25, 0.3) is 0 Å². The van der Waals surface area contributed by atoms with Crippen molar-refractivity contribution in [2.45, 2.75) is 5.79 Å². The zero-order valence-electron chi connectivity index (χ0n) is 8.44. The minimum absolute atomic E-state index is 0.648. The second-order valence-corrected chi connectivity index (χ2v) is 3.17. The first-order chi connectivity index (χ1) is 8.17. The Labute approximate surface area is 96.3 Å². The van der Waals surface area contributed by atoms with Gasteiger partial charge in [0.2, 0.25) is 0 Å². The van der Waals surface area contributed by atoms with E-state index in [2.05, 4.69) is 15.5 Å². The number of guanidine groups is 1. The Hall–Kier alpha value is -2.81. The molecule has 1 atom stereocenters. The van der Waals surface area contributed by atoms with Crippen LogP contribution in [0, 0.1) is 30.3 Å². The van der Waals surface area contributed by atoms with E-state index in [4.69, 9.17) is 11.6 Å². The van der Waals surface area contributed by atoms with Crippen molar-refractivity contribution in [3.63, 3.8) is 0 Å². The van der Waals surface area contributed by atoms with Crippen molar-refractivity contribution in [2.75, 3.05) is 6.54 Å². The molecule has 1 rings (SSSR count). The van der Waals surface area contributed by atoms with Crippen LogP contribution in [-0.2, 0) is 0 Å². The van der Waals surface area contributed by atoms with Gasteiger partial charge in [-0.15, -0.1) is 5.84 Å². The van der Waals surface area contributed by atoms with E-state index in [1.54, 1.807) is 0 Å². The van der Waals surface area contributed by atoms with Gasteiger partial charge in [0.15, 0.2) is 14.8 Å². The Morgan fingerprint density at radius 3 is 1.89 bits per heavy atom. The van der Waals surface area contributed by atoms with Crippen molar-refractivity contribution in [1.82, 2.24) is 0 Å². The smallest absolute Gasteiger partial charge is 0.332 e. The third-order valence-corrected chi connectivity index (χ3v) is 2.07. The van der Waals surface area contributed by atoms with E-state index >= 15 is 0 Å². The summed E-state index contributed by atoms with van der Waals surface area (Å²) in [6.07, 6.45) is 0. The lowest BCUT2D eigenvalue weighted by Gasteiger charge is -2.17. The van der Waals surface area contributed by atoms with Gasteiger partial charge in [-0.3, -0.25) is 30.3 Å². The molecule has 0 aliphatic carbocycles. The maximum Gasteiger partial charge on any atom is 0.753 e. The summed E-state index contributed by atoms with van der Waals surface area (Å²) in [5.41, 5.74) is 5.16. The molecule has 0 aromatic heterocycles. The average molecular weight is 264 g/mol. The van der Waals surface area contributed by atoms with E-state index in [0.29, 0.717) is 0 Å². The predicted octanol–water partition coefficient (Wildman–Crippen LogP) is -2.23. The van der Waals surface area contributed by atoms with Gasteiger partial charge in [0.05, 0.1) is 5.22 Å². The van der Waals surface area contributed by atoms with Crippen LogP contribution in [0.15, 0.2) is 15.5 Å². The van der Waals surface area contributed by atoms with Crippen molar-refractivity contribution < 1.29 is 19.5 Å². The molecule has 1 heterocycles. The Balaban J connectivity index is 3.27. The van der Waals surface area contributed by atoms with Crippen LogP contribution in [0.3, 0.4) is 0 Å². The highest BCUT2D eigenvalue weighted by atomic mass is 16.7. The van der Waals surface area contributed by atoms with E-state index in [1.807, 2.05) is 0 Å². The van der Waals surface area contributed by atoms with Gasteiger partial charge in [-0.05, 0) is 9.80 Å². The van der Waals surface area contributed by atoms with Crippen LogP contribution in [0.5, 0.6) is 0 Å². The molecule has 4 N–H and O–H groups in total. The molecule has 0 amide bonds. The normalized spacial score (nSPS) is 22.6. The zero-order chi connectivity index (χ0) is 14.1. The molecule has 0 saturated carbocycles. The number of nitrogens with two attached hydrogens (primary N) is 2. The summed E-state index contributed by atoms with van der Waals surface area (Å²) < 4.78 is -1.54. The molecule has 98 valence electrons. The predicted molar refractivity (Wildman–Crippen MR) is 49.5 cm³/mol. The second-order valence-electron chi connectivity index (χ2n) is 3.17. The number of nitro groups is 3. The van der Waals surface area contributed by atoms with Gasteiger partial charge in [-0.2, -0.15) is 0 Å². The van der Waals surface area contributed by atoms with E-state index in [1.165, 1.54) is 0 Å². The molecule has 0 spiro atoms. The van der Waals surface area contributed by atoms with Gasteiger partial charge < -0.3 is 5.73 Å². The fourth-order valence-electron chi connectivity index (χ4n) is 1.07. The highest BCUT2D eigenvalue weighted by Gasteiger charge is 2.77. The fraction of sp³-hybridized carbons (Fsp3) is 0.667. The van der Waals surface area contributed by atoms with Crippen molar-refractivity contribution in [3.8, 4) is 0 Å². The van der Waals surface area contributed by atoms with Crippen LogP contribution in [0.4, 0.5) is 0 Å². The average Bonchev–Trinajstić information content (AvgIpc) is 2.54. The van der Waals surface area contributed by atoms with Crippen LogP contribution in [0.25, 0.3) is 0 Å². The Morgan fingerprint density at radius 2 is 1.61 bits per heavy atom. The first kappa shape index (κ1) is 13.3. The number of rotatable bonds is 5. The summed E-state index contributed by atoms with van der Waals surface area (Å²) in [5.74, 6) is 0.868. The molecule has 0 fully saturated rings. The molecule has 15 heteroatoms. The zero-order valence-corrected chi connectivity index (χ0v) is 8.44. The SMILES string of the molecule is NC1=NN=N[N+]1(N)CC([N+](=O)[O-])([N+](=O)[O-])[N+](=O)[O-]. The molecule has 0 radical (unpaired) electrons. The third kappa shape index (κ3) is 1.68. The Morgan fingerprint density at radius 1 is 1.17 bits per heavy atom. The fourth-order valence-corrected chi connectivity index (χ4v) is 1.07. The van der Waals surface area contributed by atoms with E-state index < -0.39 is 37.8 Å². The summed E-state index contributed by atoms with van der Waals surface area (Å²) in [6.45, 7) is -1.47. The maximum atomic E-state index is 10.6. The Kier molecular flexibility index (Phi) is 2.87. The number of quaternary nitrogens is 1. The maximum absolute atomic E-state index is 10.6. The van der Waals surface area contributed by atoms with Crippen LogP contribution >= 0.6 is 0 Å². The molecule has 0 aromatic rings. The highest BCUT2D eigenvalue weighted by molar-refractivity contribution is 5.70. The summed E-state index contributed by atoms with van der Waals surface area (Å²) in [6, 6.07) is 0. The molecule has 0 saturated heterocycles.